The monoisotopic (exact) mass is 269 g/mol. The van der Waals surface area contributed by atoms with Crippen molar-refractivity contribution in [3.63, 3.8) is 0 Å². The van der Waals surface area contributed by atoms with E-state index in [0.717, 1.165) is 15.8 Å². The lowest BCUT2D eigenvalue weighted by molar-refractivity contribution is -0.142. The summed E-state index contributed by atoms with van der Waals surface area (Å²) in [5.41, 5.74) is 2.40. The summed E-state index contributed by atoms with van der Waals surface area (Å²) in [6.07, 6.45) is -2.91. The normalized spacial score (nSPS) is 11.8. The third kappa shape index (κ3) is 3.57. The van der Waals surface area contributed by atoms with Gasteiger partial charge >= 0.3 is 6.18 Å². The lowest BCUT2D eigenvalue weighted by atomic mass is 10.1. The molecule has 0 aliphatic rings. The van der Waals surface area contributed by atoms with E-state index in [1.807, 2.05) is 31.3 Å². The van der Waals surface area contributed by atoms with Gasteiger partial charge in [-0.2, -0.15) is 18.3 Å². The topological polar surface area (TPSA) is 29.9 Å². The Bertz CT molecular complexity index is 546. The number of halogens is 3. The van der Waals surface area contributed by atoms with Crippen LogP contribution in [0.2, 0.25) is 0 Å². The van der Waals surface area contributed by atoms with Crippen LogP contribution in [0.25, 0.3) is 11.3 Å². The van der Waals surface area contributed by atoms with Crippen LogP contribution in [-0.4, -0.2) is 23.0 Å². The number of benzene rings is 1. The Labute approximate surface area is 109 Å². The van der Waals surface area contributed by atoms with E-state index >= 15 is 0 Å². The minimum absolute atomic E-state index is 0.551. The molecule has 2 aromatic rings. The van der Waals surface area contributed by atoms with Gasteiger partial charge < -0.3 is 5.32 Å². The Hall–Kier alpha value is -1.82. The summed E-state index contributed by atoms with van der Waals surface area (Å²) in [5, 5.41) is 7.00. The first-order chi connectivity index (χ1) is 8.99. The largest absolute Gasteiger partial charge is 0.408 e. The molecule has 1 aromatic carbocycles. The molecule has 0 spiro atoms. The van der Waals surface area contributed by atoms with Gasteiger partial charge in [0.05, 0.1) is 5.69 Å². The molecular weight excluding hydrogens is 255 g/mol. The van der Waals surface area contributed by atoms with Crippen LogP contribution in [0, 0.1) is 0 Å². The Balaban J connectivity index is 2.28. The minimum Gasteiger partial charge on any atom is -0.316 e. The summed E-state index contributed by atoms with van der Waals surface area (Å²) >= 11 is 0. The molecule has 1 N–H and O–H groups in total. The Kier molecular flexibility index (Phi) is 3.90. The second kappa shape index (κ2) is 5.44. The summed E-state index contributed by atoms with van der Waals surface area (Å²) in [6.45, 7) is -0.427. The van der Waals surface area contributed by atoms with Gasteiger partial charge in [-0.15, -0.1) is 0 Å². The standard InChI is InChI=1S/C13H14F3N3/c1-17-8-10-4-2-3-5-11(10)12-6-7-19(18-12)9-13(14,15)16/h2-7,17H,8-9H2,1H3. The van der Waals surface area contributed by atoms with E-state index in [1.54, 1.807) is 6.07 Å². The van der Waals surface area contributed by atoms with E-state index in [0.29, 0.717) is 12.2 Å². The average molecular weight is 269 g/mol. The zero-order chi connectivity index (χ0) is 13.9. The molecule has 1 aromatic heterocycles. The van der Waals surface area contributed by atoms with Crippen molar-refractivity contribution in [3.8, 4) is 11.3 Å². The number of alkyl halides is 3. The quantitative estimate of drug-likeness (QED) is 0.925. The first-order valence-electron chi connectivity index (χ1n) is 5.82. The molecule has 0 unspecified atom stereocenters. The van der Waals surface area contributed by atoms with Crippen molar-refractivity contribution in [2.45, 2.75) is 19.3 Å². The van der Waals surface area contributed by atoms with Gasteiger partial charge in [-0.1, -0.05) is 24.3 Å². The lowest BCUT2D eigenvalue weighted by Gasteiger charge is -2.07. The summed E-state index contributed by atoms with van der Waals surface area (Å²) in [4.78, 5) is 0. The predicted molar refractivity (Wildman–Crippen MR) is 66.5 cm³/mol. The van der Waals surface area contributed by atoms with Crippen LogP contribution in [0.15, 0.2) is 36.5 Å². The average Bonchev–Trinajstić information content (AvgIpc) is 2.76. The predicted octanol–water partition coefficient (Wildman–Crippen LogP) is 2.83. The highest BCUT2D eigenvalue weighted by molar-refractivity contribution is 5.63. The number of rotatable bonds is 4. The molecule has 0 aliphatic heterocycles. The van der Waals surface area contributed by atoms with Crippen molar-refractivity contribution in [2.24, 2.45) is 0 Å². The molecule has 0 fully saturated rings. The van der Waals surface area contributed by atoms with Gasteiger partial charge in [0.15, 0.2) is 0 Å². The highest BCUT2D eigenvalue weighted by Crippen LogP contribution is 2.23. The van der Waals surface area contributed by atoms with E-state index in [-0.39, 0.29) is 0 Å². The molecule has 102 valence electrons. The summed E-state index contributed by atoms with van der Waals surface area (Å²) in [5.74, 6) is 0. The van der Waals surface area contributed by atoms with Crippen molar-refractivity contribution < 1.29 is 13.2 Å². The molecule has 6 heteroatoms. The van der Waals surface area contributed by atoms with E-state index in [1.165, 1.54) is 6.20 Å². The van der Waals surface area contributed by atoms with Crippen LogP contribution >= 0.6 is 0 Å². The Morgan fingerprint density at radius 1 is 1.21 bits per heavy atom. The van der Waals surface area contributed by atoms with E-state index < -0.39 is 12.7 Å². The number of aromatic nitrogens is 2. The van der Waals surface area contributed by atoms with E-state index in [4.69, 9.17) is 0 Å². The van der Waals surface area contributed by atoms with Gasteiger partial charge in [-0.25, -0.2) is 0 Å². The van der Waals surface area contributed by atoms with Gasteiger partial charge in [-0.05, 0) is 18.7 Å². The molecular formula is C13H14F3N3. The van der Waals surface area contributed by atoms with Crippen LogP contribution in [0.5, 0.6) is 0 Å². The number of hydrogen-bond donors (Lipinski definition) is 1. The highest BCUT2D eigenvalue weighted by atomic mass is 19.4. The molecule has 19 heavy (non-hydrogen) atoms. The third-order valence-corrected chi connectivity index (χ3v) is 2.64. The van der Waals surface area contributed by atoms with Crippen molar-refractivity contribution in [1.29, 1.82) is 0 Å². The number of nitrogens with zero attached hydrogens (tertiary/aromatic N) is 2. The maximum Gasteiger partial charge on any atom is 0.408 e. The van der Waals surface area contributed by atoms with E-state index in [9.17, 15) is 13.2 Å². The van der Waals surface area contributed by atoms with Crippen LogP contribution in [0.1, 0.15) is 5.56 Å². The van der Waals surface area contributed by atoms with Crippen LogP contribution < -0.4 is 5.32 Å². The maximum atomic E-state index is 12.3. The zero-order valence-corrected chi connectivity index (χ0v) is 10.4. The SMILES string of the molecule is CNCc1ccccc1-c1ccn(CC(F)(F)F)n1. The number of hydrogen-bond acceptors (Lipinski definition) is 2. The molecule has 0 bridgehead atoms. The van der Waals surface area contributed by atoms with Crippen molar-refractivity contribution in [3.05, 3.63) is 42.1 Å². The first-order valence-corrected chi connectivity index (χ1v) is 5.82. The first kappa shape index (κ1) is 13.6. The van der Waals surface area contributed by atoms with Gasteiger partial charge in [0.25, 0.3) is 0 Å². The molecule has 0 atom stereocenters. The molecule has 0 saturated carbocycles. The minimum atomic E-state index is -4.26. The van der Waals surface area contributed by atoms with Crippen molar-refractivity contribution >= 4 is 0 Å². The lowest BCUT2D eigenvalue weighted by Crippen LogP contribution is -2.18. The second-order valence-electron chi connectivity index (χ2n) is 4.20. The van der Waals surface area contributed by atoms with Crippen LogP contribution in [-0.2, 0) is 13.1 Å². The van der Waals surface area contributed by atoms with Crippen molar-refractivity contribution in [1.82, 2.24) is 15.1 Å². The second-order valence-corrected chi connectivity index (χ2v) is 4.20. The third-order valence-electron chi connectivity index (χ3n) is 2.64. The van der Waals surface area contributed by atoms with Gasteiger partial charge in [-0.3, -0.25) is 4.68 Å². The fourth-order valence-corrected chi connectivity index (χ4v) is 1.89. The molecule has 0 aliphatic carbocycles. The van der Waals surface area contributed by atoms with Crippen LogP contribution in [0.4, 0.5) is 13.2 Å². The highest BCUT2D eigenvalue weighted by Gasteiger charge is 2.28. The fraction of sp³-hybridized carbons (Fsp3) is 0.308. The number of nitrogens with one attached hydrogen (secondary N) is 1. The van der Waals surface area contributed by atoms with Gasteiger partial charge in [0, 0.05) is 18.3 Å². The molecule has 0 saturated heterocycles. The molecule has 0 radical (unpaired) electrons. The van der Waals surface area contributed by atoms with Gasteiger partial charge in [0.2, 0.25) is 0 Å². The van der Waals surface area contributed by atoms with E-state index in [2.05, 4.69) is 10.4 Å². The smallest absolute Gasteiger partial charge is 0.316 e. The Morgan fingerprint density at radius 3 is 2.63 bits per heavy atom. The molecule has 3 nitrogen and oxygen atoms in total. The summed E-state index contributed by atoms with van der Waals surface area (Å²) in [6, 6.07) is 9.11. The Morgan fingerprint density at radius 2 is 1.95 bits per heavy atom. The van der Waals surface area contributed by atoms with Crippen LogP contribution in [0.3, 0.4) is 0 Å². The summed E-state index contributed by atoms with van der Waals surface area (Å²) in [7, 11) is 1.82. The van der Waals surface area contributed by atoms with Gasteiger partial charge in [0.1, 0.15) is 6.54 Å². The molecule has 1 heterocycles. The fourth-order valence-electron chi connectivity index (χ4n) is 1.89. The molecule has 2 rings (SSSR count). The van der Waals surface area contributed by atoms with Crippen molar-refractivity contribution in [2.75, 3.05) is 7.05 Å². The molecule has 0 amide bonds. The zero-order valence-electron chi connectivity index (χ0n) is 10.4. The maximum absolute atomic E-state index is 12.3. The summed E-state index contributed by atoms with van der Waals surface area (Å²) < 4.78 is 37.8.